The number of pyridine rings is 2. The molecule has 8 nitrogen and oxygen atoms in total. The minimum atomic E-state index is -0.580. The molecule has 5 rings (SSSR count). The van der Waals surface area contributed by atoms with E-state index < -0.39 is 11.7 Å². The number of rotatable bonds is 4. The summed E-state index contributed by atoms with van der Waals surface area (Å²) in [7, 11) is 0. The molecule has 8 heteroatoms. The lowest BCUT2D eigenvalue weighted by Crippen LogP contribution is -2.53. The van der Waals surface area contributed by atoms with Gasteiger partial charge in [-0.05, 0) is 44.0 Å². The normalized spacial score (nSPS) is 20.4. The number of fused-ring (bicyclic) bond motifs is 2. The predicted octanol–water partition coefficient (Wildman–Crippen LogP) is 2.51. The van der Waals surface area contributed by atoms with Gasteiger partial charge in [0, 0.05) is 44.4 Å². The number of amides is 1. The third kappa shape index (κ3) is 3.96. The third-order valence-electron chi connectivity index (χ3n) is 6.19. The van der Waals surface area contributed by atoms with Gasteiger partial charge in [0.15, 0.2) is 6.10 Å². The molecular formula is C23H26N6O2. The van der Waals surface area contributed by atoms with Gasteiger partial charge in [-0.15, -0.1) is 0 Å². The van der Waals surface area contributed by atoms with Crippen LogP contribution in [-0.2, 0) is 28.2 Å². The number of aromatic nitrogens is 4. The number of nitrogens with one attached hydrogen (secondary N) is 1. The van der Waals surface area contributed by atoms with E-state index in [0.717, 1.165) is 49.7 Å². The number of carbonyl (C=O) groups excluding carboxylic acids is 1. The van der Waals surface area contributed by atoms with Crippen LogP contribution in [0.1, 0.15) is 30.1 Å². The van der Waals surface area contributed by atoms with Gasteiger partial charge >= 0.3 is 0 Å². The molecule has 1 spiro atoms. The maximum Gasteiger partial charge on any atom is 0.255 e. The fourth-order valence-electron chi connectivity index (χ4n) is 4.50. The van der Waals surface area contributed by atoms with Crippen molar-refractivity contribution >= 4 is 11.6 Å². The highest BCUT2D eigenvalue weighted by Crippen LogP contribution is 2.40. The van der Waals surface area contributed by atoms with Crippen molar-refractivity contribution in [3.63, 3.8) is 0 Å². The average Bonchev–Trinajstić information content (AvgIpc) is 3.27. The van der Waals surface area contributed by atoms with Gasteiger partial charge in [0.1, 0.15) is 11.4 Å². The van der Waals surface area contributed by atoms with Crippen molar-refractivity contribution in [3.05, 3.63) is 72.3 Å². The van der Waals surface area contributed by atoms with E-state index in [9.17, 15) is 4.79 Å². The lowest BCUT2D eigenvalue weighted by atomic mass is 9.88. The van der Waals surface area contributed by atoms with Crippen LogP contribution in [0.15, 0.2) is 55.1 Å². The van der Waals surface area contributed by atoms with Crippen molar-refractivity contribution in [1.29, 1.82) is 0 Å². The zero-order valence-corrected chi connectivity index (χ0v) is 17.6. The molecule has 0 bridgehead atoms. The average molecular weight is 419 g/mol. The van der Waals surface area contributed by atoms with Crippen molar-refractivity contribution in [2.75, 3.05) is 18.4 Å². The number of ether oxygens (including phenoxy) is 1. The maximum absolute atomic E-state index is 13.1. The van der Waals surface area contributed by atoms with Gasteiger partial charge in [0.2, 0.25) is 0 Å². The summed E-state index contributed by atoms with van der Waals surface area (Å²) in [4.78, 5) is 28.7. The van der Waals surface area contributed by atoms with E-state index in [1.807, 2.05) is 43.6 Å². The number of carbonyl (C=O) groups is 1. The van der Waals surface area contributed by atoms with Crippen LogP contribution in [0, 0.1) is 6.92 Å². The van der Waals surface area contributed by atoms with Crippen LogP contribution in [0.3, 0.4) is 0 Å². The first kappa shape index (κ1) is 19.8. The van der Waals surface area contributed by atoms with Crippen molar-refractivity contribution in [2.24, 2.45) is 0 Å². The van der Waals surface area contributed by atoms with Crippen molar-refractivity contribution in [3.8, 4) is 0 Å². The molecule has 1 amide bonds. The number of nitrogens with zero attached hydrogens (tertiary/aromatic N) is 5. The maximum atomic E-state index is 13.1. The number of piperidine rings is 1. The summed E-state index contributed by atoms with van der Waals surface area (Å²) in [5.74, 6) is 0.775. The molecule has 1 atom stereocenters. The van der Waals surface area contributed by atoms with E-state index in [1.165, 1.54) is 0 Å². The van der Waals surface area contributed by atoms with Crippen molar-refractivity contribution in [1.82, 2.24) is 24.4 Å². The minimum absolute atomic E-state index is 0.147. The van der Waals surface area contributed by atoms with E-state index in [4.69, 9.17) is 4.74 Å². The molecule has 0 aromatic carbocycles. The molecule has 1 saturated heterocycles. The molecule has 3 aromatic rings. The summed E-state index contributed by atoms with van der Waals surface area (Å²) < 4.78 is 8.58. The molecule has 0 saturated carbocycles. The van der Waals surface area contributed by atoms with Gasteiger partial charge in [-0.3, -0.25) is 19.7 Å². The summed E-state index contributed by atoms with van der Waals surface area (Å²) >= 11 is 0. The van der Waals surface area contributed by atoms with E-state index in [1.54, 1.807) is 12.4 Å². The Morgan fingerprint density at radius 3 is 2.74 bits per heavy atom. The lowest BCUT2D eigenvalue weighted by molar-refractivity contribution is -0.170. The second-order valence-electron chi connectivity index (χ2n) is 8.23. The fraction of sp³-hybridized carbons (Fsp3) is 0.391. The summed E-state index contributed by atoms with van der Waals surface area (Å²) in [6.07, 6.45) is 8.27. The molecule has 3 aromatic heterocycles. The molecular weight excluding hydrogens is 392 g/mol. The molecule has 0 aliphatic carbocycles. The summed E-state index contributed by atoms with van der Waals surface area (Å²) in [6.45, 7) is 4.87. The number of hydrogen-bond acceptors (Lipinski definition) is 6. The van der Waals surface area contributed by atoms with Gasteiger partial charge in [0.25, 0.3) is 5.91 Å². The minimum Gasteiger partial charge on any atom is -0.352 e. The highest BCUT2D eigenvalue weighted by Gasteiger charge is 2.47. The third-order valence-corrected chi connectivity index (χ3v) is 6.19. The first-order chi connectivity index (χ1) is 15.1. The first-order valence-electron chi connectivity index (χ1n) is 10.7. The van der Waals surface area contributed by atoms with E-state index in [2.05, 4.69) is 35.8 Å². The molecule has 1 N–H and O–H groups in total. The smallest absolute Gasteiger partial charge is 0.255 e. The molecule has 2 aliphatic heterocycles. The molecule has 0 unspecified atom stereocenters. The van der Waals surface area contributed by atoms with Crippen LogP contribution in [0.2, 0.25) is 0 Å². The van der Waals surface area contributed by atoms with Crippen LogP contribution in [0.5, 0.6) is 0 Å². The molecule has 0 radical (unpaired) electrons. The number of imidazole rings is 1. The summed E-state index contributed by atoms with van der Waals surface area (Å²) in [5.41, 5.74) is 2.02. The second kappa shape index (κ2) is 8.20. The van der Waals surface area contributed by atoms with Crippen molar-refractivity contribution < 1.29 is 9.53 Å². The quantitative estimate of drug-likeness (QED) is 0.701. The summed E-state index contributed by atoms with van der Waals surface area (Å²) in [5, 5.41) is 2.99. The summed E-state index contributed by atoms with van der Waals surface area (Å²) in [6, 6.07) is 9.67. The predicted molar refractivity (Wildman–Crippen MR) is 115 cm³/mol. The Morgan fingerprint density at radius 1 is 1.13 bits per heavy atom. The van der Waals surface area contributed by atoms with Crippen LogP contribution >= 0.6 is 0 Å². The van der Waals surface area contributed by atoms with Crippen LogP contribution < -0.4 is 5.32 Å². The van der Waals surface area contributed by atoms with Crippen LogP contribution in [-0.4, -0.2) is 49.5 Å². The fourth-order valence-corrected chi connectivity index (χ4v) is 4.50. The highest BCUT2D eigenvalue weighted by molar-refractivity contribution is 5.94. The Morgan fingerprint density at radius 2 is 1.97 bits per heavy atom. The van der Waals surface area contributed by atoms with Gasteiger partial charge in [-0.2, -0.15) is 0 Å². The largest absolute Gasteiger partial charge is 0.352 e. The SMILES string of the molecule is Cc1ncccc1NC(=O)[C@H]1Cn2ccnc2C2(CCN(Cc3ccccn3)CC2)O1. The zero-order valence-electron chi connectivity index (χ0n) is 17.6. The number of aryl methyl sites for hydroxylation is 1. The van der Waals surface area contributed by atoms with Crippen LogP contribution in [0.25, 0.3) is 0 Å². The molecule has 1 fully saturated rings. The molecule has 5 heterocycles. The molecule has 2 aliphatic rings. The number of likely N-dealkylation sites (tertiary alicyclic amines) is 1. The number of hydrogen-bond donors (Lipinski definition) is 1. The van der Waals surface area contributed by atoms with Gasteiger partial charge in [0.05, 0.1) is 23.6 Å². The topological polar surface area (TPSA) is 85.2 Å². The van der Waals surface area contributed by atoms with E-state index in [-0.39, 0.29) is 5.91 Å². The Balaban J connectivity index is 1.31. The molecule has 160 valence electrons. The monoisotopic (exact) mass is 418 g/mol. The standard InChI is InChI=1S/C23H26N6O2/c1-17-19(6-4-10-24-17)27-21(30)20-16-29-14-11-26-22(29)23(31-20)7-12-28(13-8-23)15-18-5-2-3-9-25-18/h2-6,9-11,14,20H,7-8,12-13,15-16H2,1H3,(H,27,30)/t20-/m1/s1. The van der Waals surface area contributed by atoms with Gasteiger partial charge in [-0.1, -0.05) is 6.07 Å². The first-order valence-corrected chi connectivity index (χ1v) is 10.7. The van der Waals surface area contributed by atoms with E-state index in [0.29, 0.717) is 12.2 Å². The second-order valence-corrected chi connectivity index (χ2v) is 8.23. The zero-order chi connectivity index (χ0) is 21.3. The Labute approximate surface area is 181 Å². The van der Waals surface area contributed by atoms with Crippen LogP contribution in [0.4, 0.5) is 5.69 Å². The number of anilines is 1. The van der Waals surface area contributed by atoms with Gasteiger partial charge < -0.3 is 14.6 Å². The Kier molecular flexibility index (Phi) is 5.25. The van der Waals surface area contributed by atoms with Crippen molar-refractivity contribution in [2.45, 2.75) is 44.6 Å². The molecule has 31 heavy (non-hydrogen) atoms. The Hall–Kier alpha value is -3.10. The van der Waals surface area contributed by atoms with E-state index >= 15 is 0 Å². The Bertz CT molecular complexity index is 1060. The van der Waals surface area contributed by atoms with Gasteiger partial charge in [-0.25, -0.2) is 4.98 Å². The lowest BCUT2D eigenvalue weighted by Gasteiger charge is -2.45. The highest BCUT2D eigenvalue weighted by atomic mass is 16.5.